The lowest BCUT2D eigenvalue weighted by molar-refractivity contribution is 0.0766. The Hall–Kier alpha value is -2.62. The number of hydrogen-bond donors (Lipinski definition) is 1. The number of terminal acetylenes is 1. The van der Waals surface area contributed by atoms with E-state index in [9.17, 15) is 13.2 Å². The quantitative estimate of drug-likeness (QED) is 0.725. The molecule has 0 aromatic heterocycles. The van der Waals surface area contributed by atoms with E-state index in [0.717, 1.165) is 6.42 Å². The summed E-state index contributed by atoms with van der Waals surface area (Å²) in [5, 5.41) is 0. The molecule has 0 saturated carbocycles. The van der Waals surface area contributed by atoms with Crippen LogP contribution in [0.25, 0.3) is 0 Å². The molecule has 26 heavy (non-hydrogen) atoms. The van der Waals surface area contributed by atoms with Crippen LogP contribution in [0.15, 0.2) is 59.5 Å². The van der Waals surface area contributed by atoms with Gasteiger partial charge in [0.1, 0.15) is 0 Å². The van der Waals surface area contributed by atoms with Crippen molar-refractivity contribution in [2.75, 3.05) is 19.6 Å². The molecule has 2 aromatic carbocycles. The van der Waals surface area contributed by atoms with Gasteiger partial charge in [-0.1, -0.05) is 36.3 Å². The van der Waals surface area contributed by atoms with Gasteiger partial charge in [0.25, 0.3) is 5.91 Å². The fourth-order valence-corrected chi connectivity index (χ4v) is 3.43. The molecule has 0 unspecified atom stereocenters. The molecule has 0 saturated heterocycles. The van der Waals surface area contributed by atoms with Crippen molar-refractivity contribution < 1.29 is 13.2 Å². The van der Waals surface area contributed by atoms with Crippen LogP contribution in [0.5, 0.6) is 0 Å². The molecular formula is C20H22N2O3S. The smallest absolute Gasteiger partial charge is 0.253 e. The number of nitrogens with one attached hydrogen (secondary N) is 1. The molecule has 2 rings (SSSR count). The van der Waals surface area contributed by atoms with E-state index in [1.165, 1.54) is 29.8 Å². The minimum atomic E-state index is -3.65. The molecule has 0 aliphatic heterocycles. The topological polar surface area (TPSA) is 66.5 Å². The number of rotatable bonds is 8. The summed E-state index contributed by atoms with van der Waals surface area (Å²) < 4.78 is 26.3. The first-order valence-electron chi connectivity index (χ1n) is 8.34. The third-order valence-corrected chi connectivity index (χ3v) is 5.38. The van der Waals surface area contributed by atoms with E-state index in [1.54, 1.807) is 4.90 Å². The van der Waals surface area contributed by atoms with Gasteiger partial charge in [-0.15, -0.1) is 6.42 Å². The Balaban J connectivity index is 2.06. The standard InChI is InChI=1S/C20H22N2O3S/c1-3-15-21-26(24,25)19-12-10-18(11-13-19)20(23)22(4-2)16-14-17-8-6-5-7-9-17/h1,5-13,21H,4,14-16H2,2H3. The maximum absolute atomic E-state index is 12.7. The molecule has 0 aliphatic rings. The highest BCUT2D eigenvalue weighted by Crippen LogP contribution is 2.13. The van der Waals surface area contributed by atoms with E-state index < -0.39 is 10.0 Å². The Labute approximate surface area is 155 Å². The van der Waals surface area contributed by atoms with E-state index in [2.05, 4.69) is 10.6 Å². The van der Waals surface area contributed by atoms with E-state index >= 15 is 0 Å². The zero-order chi connectivity index (χ0) is 19.0. The maximum atomic E-state index is 12.7. The molecule has 5 nitrogen and oxygen atoms in total. The van der Waals surface area contributed by atoms with Gasteiger partial charge in [0.15, 0.2) is 0 Å². The van der Waals surface area contributed by atoms with Crippen LogP contribution in [-0.4, -0.2) is 38.9 Å². The Bertz CT molecular complexity index is 870. The Morgan fingerprint density at radius 3 is 2.35 bits per heavy atom. The number of carbonyl (C=O) groups is 1. The number of amides is 1. The first-order valence-corrected chi connectivity index (χ1v) is 9.82. The molecule has 0 spiro atoms. The molecule has 6 heteroatoms. The highest BCUT2D eigenvalue weighted by atomic mass is 32.2. The molecule has 0 fully saturated rings. The van der Waals surface area contributed by atoms with Crippen LogP contribution in [0.1, 0.15) is 22.8 Å². The molecular weight excluding hydrogens is 348 g/mol. The third kappa shape index (κ3) is 5.19. The first kappa shape index (κ1) is 19.7. The maximum Gasteiger partial charge on any atom is 0.253 e. The predicted octanol–water partition coefficient (Wildman–Crippen LogP) is 2.30. The minimum absolute atomic E-state index is 0.0773. The van der Waals surface area contributed by atoms with E-state index in [1.807, 2.05) is 37.3 Å². The van der Waals surface area contributed by atoms with Crippen molar-refractivity contribution in [2.24, 2.45) is 0 Å². The Morgan fingerprint density at radius 2 is 1.77 bits per heavy atom. The molecule has 0 aliphatic carbocycles. The van der Waals surface area contributed by atoms with Gasteiger partial charge in [0.2, 0.25) is 10.0 Å². The largest absolute Gasteiger partial charge is 0.339 e. The Kier molecular flexibility index (Phi) is 6.96. The summed E-state index contributed by atoms with van der Waals surface area (Å²) in [6, 6.07) is 15.8. The Morgan fingerprint density at radius 1 is 1.12 bits per heavy atom. The van der Waals surface area contributed by atoms with Crippen LogP contribution in [0, 0.1) is 12.3 Å². The molecule has 2 aromatic rings. The van der Waals surface area contributed by atoms with Crippen molar-refractivity contribution in [3.63, 3.8) is 0 Å². The number of nitrogens with zero attached hydrogens (tertiary/aromatic N) is 1. The summed E-state index contributed by atoms with van der Waals surface area (Å²) >= 11 is 0. The number of hydrogen-bond acceptors (Lipinski definition) is 3. The average molecular weight is 370 g/mol. The SMILES string of the molecule is C#CCNS(=O)(=O)c1ccc(C(=O)N(CC)CCc2ccccc2)cc1. The molecule has 0 bridgehead atoms. The summed E-state index contributed by atoms with van der Waals surface area (Å²) in [6.07, 6.45) is 5.84. The van der Waals surface area contributed by atoms with E-state index in [4.69, 9.17) is 6.42 Å². The highest BCUT2D eigenvalue weighted by Gasteiger charge is 2.17. The number of sulfonamides is 1. The zero-order valence-electron chi connectivity index (χ0n) is 14.7. The summed E-state index contributed by atoms with van der Waals surface area (Å²) in [6.45, 7) is 3.02. The van der Waals surface area contributed by atoms with Crippen molar-refractivity contribution in [1.29, 1.82) is 0 Å². The van der Waals surface area contributed by atoms with Gasteiger partial charge >= 0.3 is 0 Å². The lowest BCUT2D eigenvalue weighted by Crippen LogP contribution is -2.32. The van der Waals surface area contributed by atoms with Gasteiger partial charge in [-0.2, -0.15) is 4.72 Å². The summed E-state index contributed by atoms with van der Waals surface area (Å²) in [7, 11) is -3.65. The van der Waals surface area contributed by atoms with E-state index in [-0.39, 0.29) is 17.3 Å². The van der Waals surface area contributed by atoms with Crippen molar-refractivity contribution in [3.8, 4) is 12.3 Å². The summed E-state index contributed by atoms with van der Waals surface area (Å²) in [4.78, 5) is 14.5. The van der Waals surface area contributed by atoms with Gasteiger partial charge in [-0.25, -0.2) is 8.42 Å². The first-order chi connectivity index (χ1) is 12.5. The second-order valence-electron chi connectivity index (χ2n) is 5.67. The van der Waals surface area contributed by atoms with Crippen LogP contribution in [-0.2, 0) is 16.4 Å². The van der Waals surface area contributed by atoms with Crippen molar-refractivity contribution >= 4 is 15.9 Å². The average Bonchev–Trinajstić information content (AvgIpc) is 2.67. The minimum Gasteiger partial charge on any atom is -0.339 e. The highest BCUT2D eigenvalue weighted by molar-refractivity contribution is 7.89. The summed E-state index contributed by atoms with van der Waals surface area (Å²) in [5.41, 5.74) is 1.62. The van der Waals surface area contributed by atoms with Crippen LogP contribution < -0.4 is 4.72 Å². The van der Waals surface area contributed by atoms with Crippen LogP contribution in [0.2, 0.25) is 0 Å². The van der Waals surface area contributed by atoms with Crippen molar-refractivity contribution in [2.45, 2.75) is 18.2 Å². The van der Waals surface area contributed by atoms with Gasteiger partial charge < -0.3 is 4.90 Å². The fourth-order valence-electron chi connectivity index (χ4n) is 2.49. The molecule has 0 radical (unpaired) electrons. The normalized spacial score (nSPS) is 10.9. The summed E-state index contributed by atoms with van der Waals surface area (Å²) in [5.74, 6) is 2.10. The molecule has 1 amide bonds. The number of benzene rings is 2. The molecule has 1 N–H and O–H groups in total. The van der Waals surface area contributed by atoms with Gasteiger partial charge in [-0.3, -0.25) is 4.79 Å². The van der Waals surface area contributed by atoms with Gasteiger partial charge in [0.05, 0.1) is 11.4 Å². The van der Waals surface area contributed by atoms with E-state index in [0.29, 0.717) is 18.7 Å². The number of carbonyl (C=O) groups excluding carboxylic acids is 1. The second-order valence-corrected chi connectivity index (χ2v) is 7.44. The molecule has 0 atom stereocenters. The second kappa shape index (κ2) is 9.18. The van der Waals surface area contributed by atoms with Crippen molar-refractivity contribution in [3.05, 3.63) is 65.7 Å². The third-order valence-electron chi connectivity index (χ3n) is 3.96. The fraction of sp³-hybridized carbons (Fsp3) is 0.250. The predicted molar refractivity (Wildman–Crippen MR) is 102 cm³/mol. The monoisotopic (exact) mass is 370 g/mol. The van der Waals surface area contributed by atoms with Gasteiger partial charge in [0, 0.05) is 18.7 Å². The lowest BCUT2D eigenvalue weighted by atomic mass is 10.1. The van der Waals surface area contributed by atoms with Crippen LogP contribution in [0.4, 0.5) is 0 Å². The van der Waals surface area contributed by atoms with Crippen molar-refractivity contribution in [1.82, 2.24) is 9.62 Å². The molecule has 0 heterocycles. The number of likely N-dealkylation sites (N-methyl/N-ethyl adjacent to an activating group) is 1. The lowest BCUT2D eigenvalue weighted by Gasteiger charge is -2.21. The van der Waals surface area contributed by atoms with Crippen LogP contribution in [0.3, 0.4) is 0 Å². The van der Waals surface area contributed by atoms with Gasteiger partial charge in [-0.05, 0) is 43.2 Å². The zero-order valence-corrected chi connectivity index (χ0v) is 15.5. The van der Waals surface area contributed by atoms with Crippen LogP contribution >= 0.6 is 0 Å². The molecule has 136 valence electrons.